The van der Waals surface area contributed by atoms with Gasteiger partial charge in [-0.2, -0.15) is 0 Å². The van der Waals surface area contributed by atoms with Crippen molar-refractivity contribution in [2.24, 2.45) is 0 Å². The average molecular weight is 538 g/mol. The molecule has 1 aromatic heterocycles. The third-order valence-corrected chi connectivity index (χ3v) is 8.01. The van der Waals surface area contributed by atoms with Gasteiger partial charge in [-0.3, -0.25) is 0 Å². The Balaban J connectivity index is 1.23. The summed E-state index contributed by atoms with van der Waals surface area (Å²) in [6, 6.07) is 58.1. The van der Waals surface area contributed by atoms with Crippen LogP contribution in [0, 0.1) is 0 Å². The second-order valence-electron chi connectivity index (χ2n) is 10.7. The van der Waals surface area contributed by atoms with Gasteiger partial charge in [0.25, 0.3) is 0 Å². The quantitative estimate of drug-likeness (QED) is 0.217. The maximum atomic E-state index is 6.23. The van der Waals surface area contributed by atoms with E-state index >= 15 is 0 Å². The SMILES string of the molecule is c1cc(-c2cc3ccccc3o2)cc(N(c2ccc(-c3ccc4ccccc4c3)cc2)c2ccc3ccccc3c2)c1. The van der Waals surface area contributed by atoms with Crippen LogP contribution in [0.5, 0.6) is 0 Å². The van der Waals surface area contributed by atoms with Gasteiger partial charge in [0.05, 0.1) is 0 Å². The van der Waals surface area contributed by atoms with Gasteiger partial charge in [-0.05, 0) is 87.3 Å². The predicted molar refractivity (Wildman–Crippen MR) is 177 cm³/mol. The van der Waals surface area contributed by atoms with Crippen LogP contribution in [0.1, 0.15) is 0 Å². The molecule has 2 nitrogen and oxygen atoms in total. The van der Waals surface area contributed by atoms with E-state index in [4.69, 9.17) is 4.42 Å². The van der Waals surface area contributed by atoms with Gasteiger partial charge in [0, 0.05) is 28.0 Å². The van der Waals surface area contributed by atoms with E-state index in [1.165, 1.54) is 32.7 Å². The topological polar surface area (TPSA) is 16.4 Å². The second kappa shape index (κ2) is 10.1. The van der Waals surface area contributed by atoms with Crippen molar-refractivity contribution in [1.82, 2.24) is 0 Å². The van der Waals surface area contributed by atoms with Crippen LogP contribution in [0.2, 0.25) is 0 Å². The number of hydrogen-bond acceptors (Lipinski definition) is 2. The van der Waals surface area contributed by atoms with Crippen molar-refractivity contribution in [2.45, 2.75) is 0 Å². The van der Waals surface area contributed by atoms with Crippen molar-refractivity contribution >= 4 is 49.6 Å². The minimum absolute atomic E-state index is 0.864. The van der Waals surface area contributed by atoms with Gasteiger partial charge in [0.1, 0.15) is 11.3 Å². The molecule has 0 amide bonds. The molecule has 0 atom stereocenters. The van der Waals surface area contributed by atoms with E-state index in [0.717, 1.165) is 39.4 Å². The van der Waals surface area contributed by atoms with E-state index in [-0.39, 0.29) is 0 Å². The summed E-state index contributed by atoms with van der Waals surface area (Å²) in [4.78, 5) is 2.32. The van der Waals surface area contributed by atoms with Gasteiger partial charge < -0.3 is 9.32 Å². The van der Waals surface area contributed by atoms with Crippen LogP contribution in [0.3, 0.4) is 0 Å². The van der Waals surface area contributed by atoms with Crippen LogP contribution in [0.25, 0.3) is 55.0 Å². The maximum absolute atomic E-state index is 6.23. The number of hydrogen-bond donors (Lipinski definition) is 0. The van der Waals surface area contributed by atoms with Crippen molar-refractivity contribution in [1.29, 1.82) is 0 Å². The molecule has 0 saturated carbocycles. The highest BCUT2D eigenvalue weighted by molar-refractivity contribution is 5.91. The van der Waals surface area contributed by atoms with Gasteiger partial charge in [-0.1, -0.05) is 109 Å². The number of nitrogens with zero attached hydrogens (tertiary/aromatic N) is 1. The summed E-state index contributed by atoms with van der Waals surface area (Å²) in [5.74, 6) is 0.864. The smallest absolute Gasteiger partial charge is 0.135 e. The first-order chi connectivity index (χ1) is 20.8. The Morgan fingerprint density at radius 3 is 1.69 bits per heavy atom. The molecule has 0 saturated heterocycles. The Morgan fingerprint density at radius 2 is 0.929 bits per heavy atom. The third-order valence-electron chi connectivity index (χ3n) is 8.01. The molecule has 8 aromatic rings. The first-order valence-electron chi connectivity index (χ1n) is 14.3. The largest absolute Gasteiger partial charge is 0.456 e. The lowest BCUT2D eigenvalue weighted by atomic mass is 10.0. The highest BCUT2D eigenvalue weighted by Gasteiger charge is 2.16. The molecule has 42 heavy (non-hydrogen) atoms. The van der Waals surface area contributed by atoms with Gasteiger partial charge in [0.2, 0.25) is 0 Å². The standard InChI is InChI=1S/C40H27NO/c1-3-10-31-24-33(17-16-28(31)8-1)30-18-21-36(22-19-30)41(38-23-20-29-9-2-4-11-32(29)25-38)37-14-7-13-34(26-37)40-27-35-12-5-6-15-39(35)42-40/h1-27H. The van der Waals surface area contributed by atoms with Crippen molar-refractivity contribution < 1.29 is 4.42 Å². The van der Waals surface area contributed by atoms with Gasteiger partial charge in [0.15, 0.2) is 0 Å². The molecule has 0 fully saturated rings. The zero-order chi connectivity index (χ0) is 27.9. The molecule has 0 unspecified atom stereocenters. The van der Waals surface area contributed by atoms with E-state index in [9.17, 15) is 0 Å². The number of furan rings is 1. The number of rotatable bonds is 5. The van der Waals surface area contributed by atoms with Crippen LogP contribution in [0.4, 0.5) is 17.1 Å². The molecular weight excluding hydrogens is 510 g/mol. The van der Waals surface area contributed by atoms with Crippen molar-refractivity contribution in [3.8, 4) is 22.5 Å². The lowest BCUT2D eigenvalue weighted by Gasteiger charge is -2.26. The third kappa shape index (κ3) is 4.40. The Hall–Kier alpha value is -5.60. The molecule has 0 spiro atoms. The first kappa shape index (κ1) is 24.2. The fraction of sp³-hybridized carbons (Fsp3) is 0. The summed E-state index contributed by atoms with van der Waals surface area (Å²) >= 11 is 0. The number of anilines is 3. The van der Waals surface area contributed by atoms with Crippen LogP contribution in [0.15, 0.2) is 168 Å². The lowest BCUT2D eigenvalue weighted by molar-refractivity contribution is 0.631. The molecule has 198 valence electrons. The Bertz CT molecular complexity index is 2170. The maximum Gasteiger partial charge on any atom is 0.135 e. The van der Waals surface area contributed by atoms with E-state index in [0.29, 0.717) is 0 Å². The second-order valence-corrected chi connectivity index (χ2v) is 10.7. The van der Waals surface area contributed by atoms with Crippen LogP contribution in [-0.2, 0) is 0 Å². The molecule has 7 aromatic carbocycles. The molecule has 8 rings (SSSR count). The zero-order valence-electron chi connectivity index (χ0n) is 22.9. The highest BCUT2D eigenvalue weighted by Crippen LogP contribution is 2.39. The first-order valence-corrected chi connectivity index (χ1v) is 14.3. The minimum Gasteiger partial charge on any atom is -0.456 e. The molecule has 0 aliphatic carbocycles. The Kier molecular flexibility index (Phi) is 5.82. The average Bonchev–Trinajstić information content (AvgIpc) is 3.50. The summed E-state index contributed by atoms with van der Waals surface area (Å²) in [6.45, 7) is 0. The van der Waals surface area contributed by atoms with Crippen LogP contribution in [-0.4, -0.2) is 0 Å². The fourth-order valence-corrected chi connectivity index (χ4v) is 5.86. The van der Waals surface area contributed by atoms with Crippen molar-refractivity contribution in [2.75, 3.05) is 4.90 Å². The monoisotopic (exact) mass is 537 g/mol. The minimum atomic E-state index is 0.864. The van der Waals surface area contributed by atoms with Gasteiger partial charge in [-0.15, -0.1) is 0 Å². The molecular formula is C40H27NO. The summed E-state index contributed by atoms with van der Waals surface area (Å²) in [7, 11) is 0. The summed E-state index contributed by atoms with van der Waals surface area (Å²) in [5.41, 5.74) is 7.62. The van der Waals surface area contributed by atoms with Crippen molar-refractivity contribution in [3.05, 3.63) is 164 Å². The van der Waals surface area contributed by atoms with E-state index in [1.807, 2.05) is 18.2 Å². The normalized spacial score (nSPS) is 11.3. The van der Waals surface area contributed by atoms with Crippen molar-refractivity contribution in [3.63, 3.8) is 0 Å². The van der Waals surface area contributed by atoms with E-state index in [2.05, 4.69) is 150 Å². The summed E-state index contributed by atoms with van der Waals surface area (Å²) in [6.07, 6.45) is 0. The molecule has 0 bridgehead atoms. The molecule has 0 N–H and O–H groups in total. The number of fused-ring (bicyclic) bond motifs is 3. The van der Waals surface area contributed by atoms with E-state index < -0.39 is 0 Å². The summed E-state index contributed by atoms with van der Waals surface area (Å²) < 4.78 is 6.23. The molecule has 0 radical (unpaired) electrons. The van der Waals surface area contributed by atoms with Gasteiger partial charge >= 0.3 is 0 Å². The molecule has 2 heteroatoms. The van der Waals surface area contributed by atoms with Crippen LogP contribution < -0.4 is 4.90 Å². The molecule has 0 aliphatic heterocycles. The highest BCUT2D eigenvalue weighted by atomic mass is 16.3. The van der Waals surface area contributed by atoms with Crippen LogP contribution >= 0.6 is 0 Å². The van der Waals surface area contributed by atoms with Gasteiger partial charge in [-0.25, -0.2) is 0 Å². The fourth-order valence-electron chi connectivity index (χ4n) is 5.86. The number of benzene rings is 7. The molecule has 1 heterocycles. The summed E-state index contributed by atoms with van der Waals surface area (Å²) in [5, 5.41) is 6.04. The Labute approximate surface area is 244 Å². The zero-order valence-corrected chi connectivity index (χ0v) is 22.9. The lowest BCUT2D eigenvalue weighted by Crippen LogP contribution is -2.10. The molecule has 0 aliphatic rings. The predicted octanol–water partition coefficient (Wildman–Crippen LogP) is 11.5. The number of para-hydroxylation sites is 1. The van der Waals surface area contributed by atoms with E-state index in [1.54, 1.807) is 0 Å². The Morgan fingerprint density at radius 1 is 0.333 bits per heavy atom.